The van der Waals surface area contributed by atoms with Gasteiger partial charge in [-0.25, -0.2) is 4.39 Å². The van der Waals surface area contributed by atoms with Crippen LogP contribution in [0.4, 0.5) is 4.39 Å². The zero-order chi connectivity index (χ0) is 14.5. The second-order valence-corrected chi connectivity index (χ2v) is 5.74. The molecule has 0 saturated carbocycles. The molecule has 1 saturated heterocycles. The third kappa shape index (κ3) is 3.93. The van der Waals surface area contributed by atoms with Gasteiger partial charge in [0.05, 0.1) is 6.61 Å². The van der Waals surface area contributed by atoms with Crippen molar-refractivity contribution in [2.75, 3.05) is 20.2 Å². The van der Waals surface area contributed by atoms with E-state index >= 15 is 0 Å². The number of halogens is 1. The first-order chi connectivity index (χ1) is 9.58. The lowest BCUT2D eigenvalue weighted by atomic mass is 10.0. The molecule has 4 heteroatoms. The minimum absolute atomic E-state index is 0.285. The van der Waals surface area contributed by atoms with Crippen LogP contribution in [0.3, 0.4) is 0 Å². The van der Waals surface area contributed by atoms with Gasteiger partial charge in [-0.3, -0.25) is 0 Å². The fourth-order valence-electron chi connectivity index (χ4n) is 2.79. The molecule has 0 spiro atoms. The Labute approximate surface area is 120 Å². The Morgan fingerprint density at radius 1 is 1.45 bits per heavy atom. The Morgan fingerprint density at radius 2 is 2.25 bits per heavy atom. The normalized spacial score (nSPS) is 21.7. The summed E-state index contributed by atoms with van der Waals surface area (Å²) in [6.45, 7) is 3.58. The van der Waals surface area contributed by atoms with Gasteiger partial charge in [0.25, 0.3) is 0 Å². The number of rotatable bonds is 5. The third-order valence-electron chi connectivity index (χ3n) is 4.10. The van der Waals surface area contributed by atoms with Gasteiger partial charge in [0.2, 0.25) is 0 Å². The Kier molecular flexibility index (Phi) is 5.38. The van der Waals surface area contributed by atoms with Gasteiger partial charge >= 0.3 is 0 Å². The summed E-state index contributed by atoms with van der Waals surface area (Å²) in [5.74, 6) is 0.303. The SMILES string of the molecule is CC(N)c1ccc(OCCC2CCCCN2C)cc1F. The molecule has 1 aromatic rings. The van der Waals surface area contributed by atoms with Gasteiger partial charge in [0.15, 0.2) is 0 Å². The molecule has 2 unspecified atom stereocenters. The molecule has 20 heavy (non-hydrogen) atoms. The maximum Gasteiger partial charge on any atom is 0.131 e. The largest absolute Gasteiger partial charge is 0.493 e. The Hall–Kier alpha value is -1.13. The van der Waals surface area contributed by atoms with Crippen LogP contribution in [0.5, 0.6) is 5.75 Å². The molecule has 2 N–H and O–H groups in total. The van der Waals surface area contributed by atoms with Gasteiger partial charge < -0.3 is 15.4 Å². The molecular formula is C16H25FN2O. The predicted octanol–water partition coefficient (Wildman–Crippen LogP) is 3.10. The van der Waals surface area contributed by atoms with Gasteiger partial charge in [-0.15, -0.1) is 0 Å². The maximum atomic E-state index is 13.8. The highest BCUT2D eigenvalue weighted by Crippen LogP contribution is 2.22. The molecule has 0 aromatic heterocycles. The van der Waals surface area contributed by atoms with E-state index in [-0.39, 0.29) is 11.9 Å². The molecule has 3 nitrogen and oxygen atoms in total. The third-order valence-corrected chi connectivity index (χ3v) is 4.10. The van der Waals surface area contributed by atoms with Crippen LogP contribution in [0.1, 0.15) is 44.2 Å². The predicted molar refractivity (Wildman–Crippen MR) is 79.4 cm³/mol. The first-order valence-corrected chi connectivity index (χ1v) is 7.46. The van der Waals surface area contributed by atoms with Crippen LogP contribution < -0.4 is 10.5 Å². The van der Waals surface area contributed by atoms with Crippen LogP contribution in [-0.4, -0.2) is 31.1 Å². The van der Waals surface area contributed by atoms with E-state index in [2.05, 4.69) is 11.9 Å². The molecular weight excluding hydrogens is 255 g/mol. The fourth-order valence-corrected chi connectivity index (χ4v) is 2.79. The second kappa shape index (κ2) is 7.04. The molecule has 0 radical (unpaired) electrons. The Morgan fingerprint density at radius 3 is 2.90 bits per heavy atom. The lowest BCUT2D eigenvalue weighted by Gasteiger charge is -2.32. The average Bonchev–Trinajstić information content (AvgIpc) is 2.40. The average molecular weight is 280 g/mol. The minimum atomic E-state index is -0.292. The van der Waals surface area contributed by atoms with Crippen LogP contribution in [0, 0.1) is 5.82 Å². The lowest BCUT2D eigenvalue weighted by molar-refractivity contribution is 0.153. The van der Waals surface area contributed by atoms with Crippen molar-refractivity contribution >= 4 is 0 Å². The van der Waals surface area contributed by atoms with Gasteiger partial charge in [-0.1, -0.05) is 12.5 Å². The van der Waals surface area contributed by atoms with Gasteiger partial charge in [0.1, 0.15) is 11.6 Å². The summed E-state index contributed by atoms with van der Waals surface area (Å²) in [6, 6.07) is 5.24. The van der Waals surface area contributed by atoms with Crippen molar-refractivity contribution in [3.8, 4) is 5.75 Å². The van der Waals surface area contributed by atoms with E-state index < -0.39 is 0 Å². The summed E-state index contributed by atoms with van der Waals surface area (Å²) in [6.07, 6.45) is 4.82. The van der Waals surface area contributed by atoms with Crippen LogP contribution in [0.2, 0.25) is 0 Å². The monoisotopic (exact) mass is 280 g/mol. The van der Waals surface area contributed by atoms with Crippen molar-refractivity contribution < 1.29 is 9.13 Å². The number of benzene rings is 1. The molecule has 1 aromatic carbocycles. The highest BCUT2D eigenvalue weighted by Gasteiger charge is 2.18. The highest BCUT2D eigenvalue weighted by molar-refractivity contribution is 5.30. The van der Waals surface area contributed by atoms with E-state index in [0.717, 1.165) is 6.42 Å². The van der Waals surface area contributed by atoms with Crippen molar-refractivity contribution in [2.45, 2.75) is 44.7 Å². The van der Waals surface area contributed by atoms with Gasteiger partial charge in [-0.2, -0.15) is 0 Å². The summed E-state index contributed by atoms with van der Waals surface area (Å²) in [4.78, 5) is 2.40. The van der Waals surface area contributed by atoms with Crippen LogP contribution in [0.25, 0.3) is 0 Å². The van der Waals surface area contributed by atoms with E-state index in [0.29, 0.717) is 24.0 Å². The number of nitrogens with two attached hydrogens (primary N) is 1. The zero-order valence-corrected chi connectivity index (χ0v) is 12.4. The molecule has 0 amide bonds. The number of hydrogen-bond acceptors (Lipinski definition) is 3. The number of ether oxygens (including phenoxy) is 1. The van der Waals surface area contributed by atoms with Crippen LogP contribution in [-0.2, 0) is 0 Å². The lowest BCUT2D eigenvalue weighted by Crippen LogP contribution is -2.37. The number of piperidine rings is 1. The van der Waals surface area contributed by atoms with Crippen LogP contribution >= 0.6 is 0 Å². The Bertz CT molecular complexity index is 436. The molecule has 1 aliphatic rings. The molecule has 1 fully saturated rings. The van der Waals surface area contributed by atoms with Crippen LogP contribution in [0.15, 0.2) is 18.2 Å². The number of nitrogens with zero attached hydrogens (tertiary/aromatic N) is 1. The molecule has 0 aliphatic carbocycles. The van der Waals surface area contributed by atoms with Crippen molar-refractivity contribution in [3.05, 3.63) is 29.6 Å². The summed E-state index contributed by atoms with van der Waals surface area (Å²) in [5.41, 5.74) is 6.22. The van der Waals surface area contributed by atoms with E-state index in [9.17, 15) is 4.39 Å². The highest BCUT2D eigenvalue weighted by atomic mass is 19.1. The molecule has 2 rings (SSSR count). The smallest absolute Gasteiger partial charge is 0.131 e. The standard InChI is InChI=1S/C16H25FN2O/c1-12(18)15-7-6-14(11-16(15)17)20-10-8-13-5-3-4-9-19(13)2/h6-7,11-13H,3-5,8-10,18H2,1-2H3. The summed E-state index contributed by atoms with van der Waals surface area (Å²) in [5, 5.41) is 0. The van der Waals surface area contributed by atoms with E-state index in [1.54, 1.807) is 19.1 Å². The van der Waals surface area contributed by atoms with Crippen molar-refractivity contribution in [3.63, 3.8) is 0 Å². The molecule has 1 heterocycles. The summed E-state index contributed by atoms with van der Waals surface area (Å²) < 4.78 is 19.4. The van der Waals surface area contributed by atoms with Crippen molar-refractivity contribution in [2.24, 2.45) is 5.73 Å². The minimum Gasteiger partial charge on any atom is -0.493 e. The van der Waals surface area contributed by atoms with Crippen molar-refractivity contribution in [1.82, 2.24) is 4.90 Å². The van der Waals surface area contributed by atoms with E-state index in [4.69, 9.17) is 10.5 Å². The quantitative estimate of drug-likeness (QED) is 0.900. The first kappa shape index (κ1) is 15.3. The van der Waals surface area contributed by atoms with Gasteiger partial charge in [0, 0.05) is 23.7 Å². The molecule has 0 bridgehead atoms. The van der Waals surface area contributed by atoms with E-state index in [1.807, 2.05) is 0 Å². The molecule has 112 valence electrons. The second-order valence-electron chi connectivity index (χ2n) is 5.74. The fraction of sp³-hybridized carbons (Fsp3) is 0.625. The number of likely N-dealkylation sites (tertiary alicyclic amines) is 1. The maximum absolute atomic E-state index is 13.8. The molecule has 1 aliphatic heterocycles. The molecule has 2 atom stereocenters. The first-order valence-electron chi connectivity index (χ1n) is 7.46. The van der Waals surface area contributed by atoms with E-state index in [1.165, 1.54) is 31.9 Å². The summed E-state index contributed by atoms with van der Waals surface area (Å²) in [7, 11) is 2.17. The Balaban J connectivity index is 1.83. The zero-order valence-electron chi connectivity index (χ0n) is 12.4. The summed E-state index contributed by atoms with van der Waals surface area (Å²) >= 11 is 0. The topological polar surface area (TPSA) is 38.5 Å². The van der Waals surface area contributed by atoms with Gasteiger partial charge in [-0.05, 0) is 45.8 Å². The number of hydrogen-bond donors (Lipinski definition) is 1. The van der Waals surface area contributed by atoms with Crippen molar-refractivity contribution in [1.29, 1.82) is 0 Å².